The van der Waals surface area contributed by atoms with Crippen LogP contribution in [0.1, 0.15) is 50.6 Å². The molecule has 4 atom stereocenters. The van der Waals surface area contributed by atoms with Crippen LogP contribution in [0.5, 0.6) is 0 Å². The van der Waals surface area contributed by atoms with E-state index in [1.54, 1.807) is 6.07 Å². The van der Waals surface area contributed by atoms with Gasteiger partial charge >= 0.3 is 0 Å². The Balaban J connectivity index is 1.58. The van der Waals surface area contributed by atoms with Gasteiger partial charge in [-0.05, 0) is 67.7 Å². The first-order chi connectivity index (χ1) is 9.26. The second kappa shape index (κ2) is 5.62. The van der Waals surface area contributed by atoms with Crippen LogP contribution in [0.15, 0.2) is 24.3 Å². The van der Waals surface area contributed by atoms with Gasteiger partial charge in [-0.3, -0.25) is 0 Å². The number of hydrogen-bond acceptors (Lipinski definition) is 1. The molecule has 2 heteroatoms. The molecule has 3 rings (SSSR count). The predicted octanol–water partition coefficient (Wildman–Crippen LogP) is 4.30. The quantitative estimate of drug-likeness (QED) is 0.833. The third kappa shape index (κ3) is 2.84. The maximum atomic E-state index is 13.3. The number of fused-ring (bicyclic) bond motifs is 2. The van der Waals surface area contributed by atoms with Crippen molar-refractivity contribution in [2.24, 2.45) is 17.8 Å². The summed E-state index contributed by atoms with van der Waals surface area (Å²) in [7, 11) is 0. The Morgan fingerprint density at radius 2 is 2.21 bits per heavy atom. The summed E-state index contributed by atoms with van der Waals surface area (Å²) < 4.78 is 13.3. The molecule has 1 aromatic carbocycles. The highest BCUT2D eigenvalue weighted by Gasteiger charge is 2.39. The Kier molecular flexibility index (Phi) is 3.88. The van der Waals surface area contributed by atoms with Crippen LogP contribution < -0.4 is 5.32 Å². The summed E-state index contributed by atoms with van der Waals surface area (Å²) in [6.45, 7) is 3.28. The molecule has 0 aliphatic heterocycles. The van der Waals surface area contributed by atoms with E-state index in [-0.39, 0.29) is 5.82 Å². The van der Waals surface area contributed by atoms with Crippen molar-refractivity contribution in [3.8, 4) is 0 Å². The number of hydrogen-bond donors (Lipinski definition) is 1. The highest BCUT2D eigenvalue weighted by Crippen LogP contribution is 2.48. The van der Waals surface area contributed by atoms with Gasteiger partial charge in [0.1, 0.15) is 5.82 Å². The van der Waals surface area contributed by atoms with Crippen molar-refractivity contribution in [2.75, 3.05) is 6.54 Å². The molecule has 2 aliphatic rings. The minimum atomic E-state index is -0.127. The summed E-state index contributed by atoms with van der Waals surface area (Å²) in [5.41, 5.74) is 1.09. The SMILES string of the molecule is CCC(NCC1CC2CCC1C2)c1cccc(F)c1. The first-order valence-electron chi connectivity index (χ1n) is 7.75. The van der Waals surface area contributed by atoms with Crippen LogP contribution in [0, 0.1) is 23.6 Å². The van der Waals surface area contributed by atoms with Crippen molar-refractivity contribution in [3.05, 3.63) is 35.6 Å². The molecule has 0 saturated heterocycles. The molecule has 0 aromatic heterocycles. The number of nitrogens with one attached hydrogen (secondary N) is 1. The van der Waals surface area contributed by atoms with Crippen LogP contribution in [0.25, 0.3) is 0 Å². The molecule has 104 valence electrons. The summed E-state index contributed by atoms with van der Waals surface area (Å²) in [5.74, 6) is 2.70. The molecule has 4 unspecified atom stereocenters. The van der Waals surface area contributed by atoms with Crippen LogP contribution in [-0.2, 0) is 0 Å². The molecule has 0 radical (unpaired) electrons. The van der Waals surface area contributed by atoms with E-state index in [2.05, 4.69) is 12.2 Å². The fourth-order valence-corrected chi connectivity index (χ4v) is 4.14. The average molecular weight is 261 g/mol. The Morgan fingerprint density at radius 3 is 2.84 bits per heavy atom. The van der Waals surface area contributed by atoms with Crippen molar-refractivity contribution in [2.45, 2.75) is 45.1 Å². The molecule has 0 heterocycles. The molecule has 1 aromatic rings. The molecule has 1 N–H and O–H groups in total. The fourth-order valence-electron chi connectivity index (χ4n) is 4.14. The Hall–Kier alpha value is -0.890. The topological polar surface area (TPSA) is 12.0 Å². The molecular weight excluding hydrogens is 237 g/mol. The monoisotopic (exact) mass is 261 g/mol. The minimum absolute atomic E-state index is 0.127. The third-order valence-electron chi connectivity index (χ3n) is 5.17. The van der Waals surface area contributed by atoms with Gasteiger partial charge in [0.2, 0.25) is 0 Å². The first-order valence-corrected chi connectivity index (χ1v) is 7.75. The molecule has 2 aliphatic carbocycles. The van der Waals surface area contributed by atoms with Gasteiger partial charge in [0.25, 0.3) is 0 Å². The van der Waals surface area contributed by atoms with E-state index in [1.807, 2.05) is 12.1 Å². The van der Waals surface area contributed by atoms with Gasteiger partial charge in [0.05, 0.1) is 0 Å². The zero-order valence-electron chi connectivity index (χ0n) is 11.7. The van der Waals surface area contributed by atoms with E-state index < -0.39 is 0 Å². The largest absolute Gasteiger partial charge is 0.310 e. The van der Waals surface area contributed by atoms with Gasteiger partial charge in [0, 0.05) is 6.04 Å². The maximum absolute atomic E-state index is 13.3. The normalized spacial score (nSPS) is 30.7. The van der Waals surface area contributed by atoms with Crippen LogP contribution in [0.3, 0.4) is 0 Å². The van der Waals surface area contributed by atoms with Crippen LogP contribution in [0.4, 0.5) is 4.39 Å². The molecule has 0 spiro atoms. The number of benzene rings is 1. The lowest BCUT2D eigenvalue weighted by Gasteiger charge is -2.25. The zero-order chi connectivity index (χ0) is 13.2. The van der Waals surface area contributed by atoms with Crippen molar-refractivity contribution in [1.82, 2.24) is 5.32 Å². The lowest BCUT2D eigenvalue weighted by molar-refractivity contribution is 0.304. The van der Waals surface area contributed by atoms with Gasteiger partial charge in [0.15, 0.2) is 0 Å². The van der Waals surface area contributed by atoms with Gasteiger partial charge in [-0.15, -0.1) is 0 Å². The molecule has 2 fully saturated rings. The van der Waals surface area contributed by atoms with E-state index >= 15 is 0 Å². The molecule has 2 saturated carbocycles. The van der Waals surface area contributed by atoms with Gasteiger partial charge < -0.3 is 5.32 Å². The van der Waals surface area contributed by atoms with Crippen LogP contribution in [-0.4, -0.2) is 6.54 Å². The minimum Gasteiger partial charge on any atom is -0.310 e. The Morgan fingerprint density at radius 1 is 1.32 bits per heavy atom. The highest BCUT2D eigenvalue weighted by atomic mass is 19.1. The van der Waals surface area contributed by atoms with Gasteiger partial charge in [-0.25, -0.2) is 4.39 Å². The summed E-state index contributed by atoms with van der Waals surface area (Å²) in [5, 5.41) is 3.67. The highest BCUT2D eigenvalue weighted by molar-refractivity contribution is 5.20. The maximum Gasteiger partial charge on any atom is 0.123 e. The fraction of sp³-hybridized carbons (Fsp3) is 0.647. The van der Waals surface area contributed by atoms with Crippen molar-refractivity contribution >= 4 is 0 Å². The molecule has 2 bridgehead atoms. The Labute approximate surface area is 115 Å². The lowest BCUT2D eigenvalue weighted by Crippen LogP contribution is -2.29. The van der Waals surface area contributed by atoms with E-state index in [1.165, 1.54) is 31.7 Å². The summed E-state index contributed by atoms with van der Waals surface area (Å²) in [4.78, 5) is 0. The molecular formula is C17H24FN. The van der Waals surface area contributed by atoms with E-state index in [4.69, 9.17) is 0 Å². The molecule has 1 nitrogen and oxygen atoms in total. The Bertz CT molecular complexity index is 431. The summed E-state index contributed by atoms with van der Waals surface area (Å²) in [6, 6.07) is 7.33. The van der Waals surface area contributed by atoms with Gasteiger partial charge in [-0.1, -0.05) is 25.5 Å². The van der Waals surface area contributed by atoms with E-state index in [0.29, 0.717) is 6.04 Å². The second-order valence-electron chi connectivity index (χ2n) is 6.36. The molecule has 19 heavy (non-hydrogen) atoms. The lowest BCUT2D eigenvalue weighted by atomic mass is 9.88. The summed E-state index contributed by atoms with van der Waals surface area (Å²) >= 11 is 0. The summed E-state index contributed by atoms with van der Waals surface area (Å²) in [6.07, 6.45) is 6.79. The number of rotatable bonds is 5. The van der Waals surface area contributed by atoms with Crippen LogP contribution in [0.2, 0.25) is 0 Å². The average Bonchev–Trinajstić information content (AvgIpc) is 3.02. The number of halogens is 1. The molecule has 0 amide bonds. The van der Waals surface area contributed by atoms with Crippen molar-refractivity contribution in [1.29, 1.82) is 0 Å². The predicted molar refractivity (Wildman–Crippen MR) is 76.4 cm³/mol. The zero-order valence-corrected chi connectivity index (χ0v) is 11.7. The third-order valence-corrected chi connectivity index (χ3v) is 5.17. The van der Waals surface area contributed by atoms with Crippen LogP contribution >= 0.6 is 0 Å². The van der Waals surface area contributed by atoms with E-state index in [0.717, 1.165) is 36.3 Å². The second-order valence-corrected chi connectivity index (χ2v) is 6.36. The smallest absolute Gasteiger partial charge is 0.123 e. The van der Waals surface area contributed by atoms with Crippen molar-refractivity contribution in [3.63, 3.8) is 0 Å². The first kappa shape index (κ1) is 13.1. The standard InChI is InChI=1S/C17H24FN/c1-2-17(14-4-3-5-16(18)10-14)19-11-15-9-12-6-7-13(15)8-12/h3-5,10,12-13,15,17,19H,2,6-9,11H2,1H3. The van der Waals surface area contributed by atoms with Gasteiger partial charge in [-0.2, -0.15) is 0 Å². The van der Waals surface area contributed by atoms with E-state index in [9.17, 15) is 4.39 Å². The van der Waals surface area contributed by atoms with Crippen molar-refractivity contribution < 1.29 is 4.39 Å².